The van der Waals surface area contributed by atoms with Crippen LogP contribution in [0, 0.1) is 11.7 Å². The van der Waals surface area contributed by atoms with E-state index < -0.39 is 5.82 Å². The van der Waals surface area contributed by atoms with Gasteiger partial charge in [0, 0.05) is 18.8 Å². The summed E-state index contributed by atoms with van der Waals surface area (Å²) in [7, 11) is 1.87. The molecule has 1 heterocycles. The van der Waals surface area contributed by atoms with E-state index >= 15 is 0 Å². The molecule has 1 N–H and O–H groups in total. The van der Waals surface area contributed by atoms with Gasteiger partial charge < -0.3 is 10.0 Å². The highest BCUT2D eigenvalue weighted by Crippen LogP contribution is 2.33. The summed E-state index contributed by atoms with van der Waals surface area (Å²) < 4.78 is 13.2. The van der Waals surface area contributed by atoms with Crippen molar-refractivity contribution in [1.82, 2.24) is 4.90 Å². The van der Waals surface area contributed by atoms with E-state index in [-0.39, 0.29) is 23.1 Å². The lowest BCUT2D eigenvalue weighted by Gasteiger charge is -2.26. The van der Waals surface area contributed by atoms with Crippen LogP contribution in [0.3, 0.4) is 0 Å². The summed E-state index contributed by atoms with van der Waals surface area (Å²) in [6, 6.07) is 4.09. The molecule has 1 aromatic carbocycles. The number of carbonyl (C=O) groups excluding carboxylic acids is 1. The molecule has 1 aliphatic carbocycles. The first-order valence-corrected chi connectivity index (χ1v) is 8.00. The third kappa shape index (κ3) is 3.12. The highest BCUT2D eigenvalue weighted by molar-refractivity contribution is 6.31. The van der Waals surface area contributed by atoms with Crippen LogP contribution in [-0.2, 0) is 4.79 Å². The highest BCUT2D eigenvalue weighted by atomic mass is 35.5. The molecule has 1 aliphatic heterocycles. The Morgan fingerprint density at radius 1 is 1.45 bits per heavy atom. The lowest BCUT2D eigenvalue weighted by molar-refractivity contribution is -0.121. The zero-order valence-corrected chi connectivity index (χ0v) is 13.3. The summed E-state index contributed by atoms with van der Waals surface area (Å²) in [5.74, 6) is -0.113. The molecule has 120 valence electrons. The molecule has 1 saturated heterocycles. The minimum Gasteiger partial charge on any atom is -0.392 e. The summed E-state index contributed by atoms with van der Waals surface area (Å²) in [6.45, 7) is 1.09. The number of hydrogen-bond acceptors (Lipinski definition) is 3. The number of halogens is 2. The van der Waals surface area contributed by atoms with Crippen molar-refractivity contribution in [2.45, 2.75) is 31.4 Å². The molecule has 0 bridgehead atoms. The number of carbonyl (C=O) groups is 1. The lowest BCUT2D eigenvalue weighted by Crippen LogP contribution is -2.43. The smallest absolute Gasteiger partial charge is 0.244 e. The number of anilines is 1. The number of hydrogen-bond donors (Lipinski definition) is 1. The Bertz CT molecular complexity index is 579. The van der Waals surface area contributed by atoms with Crippen molar-refractivity contribution in [3.63, 3.8) is 0 Å². The van der Waals surface area contributed by atoms with Crippen molar-refractivity contribution in [2.24, 2.45) is 5.92 Å². The number of aliphatic hydroxyl groups is 1. The molecule has 0 aromatic heterocycles. The van der Waals surface area contributed by atoms with Gasteiger partial charge in [-0.2, -0.15) is 0 Å². The van der Waals surface area contributed by atoms with E-state index in [1.54, 1.807) is 11.0 Å². The van der Waals surface area contributed by atoms with Gasteiger partial charge in [0.25, 0.3) is 0 Å². The second-order valence-corrected chi connectivity index (χ2v) is 6.64. The van der Waals surface area contributed by atoms with Gasteiger partial charge in [0.15, 0.2) is 0 Å². The van der Waals surface area contributed by atoms with Crippen LogP contribution in [-0.4, -0.2) is 48.2 Å². The van der Waals surface area contributed by atoms with Gasteiger partial charge in [-0.3, -0.25) is 9.69 Å². The third-order valence-corrected chi connectivity index (χ3v) is 4.86. The lowest BCUT2D eigenvalue weighted by atomic mass is 10.1. The zero-order valence-electron chi connectivity index (χ0n) is 12.5. The Kier molecular flexibility index (Phi) is 4.39. The molecular weight excluding hydrogens is 307 g/mol. The van der Waals surface area contributed by atoms with Crippen molar-refractivity contribution in [3.05, 3.63) is 29.0 Å². The second kappa shape index (κ2) is 6.14. The molecule has 2 atom stereocenters. The fourth-order valence-electron chi connectivity index (χ4n) is 3.04. The molecule has 2 fully saturated rings. The van der Waals surface area contributed by atoms with Crippen LogP contribution < -0.4 is 4.90 Å². The van der Waals surface area contributed by atoms with Crippen molar-refractivity contribution in [3.8, 4) is 0 Å². The Labute approximate surface area is 134 Å². The molecule has 3 rings (SSSR count). The van der Waals surface area contributed by atoms with Gasteiger partial charge in [0.2, 0.25) is 5.91 Å². The molecule has 6 heteroatoms. The SMILES string of the molecule is CN(CC(O)C1CC1)C1CCN(c2ccc(F)c(Cl)c2)C1=O. The molecule has 2 unspecified atom stereocenters. The molecule has 0 spiro atoms. The molecule has 4 nitrogen and oxygen atoms in total. The Morgan fingerprint density at radius 3 is 2.82 bits per heavy atom. The van der Waals surface area contributed by atoms with Gasteiger partial charge in [0.1, 0.15) is 5.82 Å². The number of likely N-dealkylation sites (N-methyl/N-ethyl adjacent to an activating group) is 1. The molecule has 1 aromatic rings. The summed E-state index contributed by atoms with van der Waals surface area (Å²) in [5.41, 5.74) is 0.620. The first-order chi connectivity index (χ1) is 10.5. The fraction of sp³-hybridized carbons (Fsp3) is 0.562. The van der Waals surface area contributed by atoms with E-state index in [0.717, 1.165) is 12.8 Å². The number of benzene rings is 1. The van der Waals surface area contributed by atoms with Gasteiger partial charge in [0.05, 0.1) is 17.2 Å². The zero-order chi connectivity index (χ0) is 15.9. The quantitative estimate of drug-likeness (QED) is 0.903. The van der Waals surface area contributed by atoms with Crippen LogP contribution >= 0.6 is 11.6 Å². The predicted octanol–water partition coefficient (Wildman–Crippen LogP) is 2.29. The first kappa shape index (κ1) is 15.7. The largest absolute Gasteiger partial charge is 0.392 e. The monoisotopic (exact) mass is 326 g/mol. The Morgan fingerprint density at radius 2 is 2.18 bits per heavy atom. The molecule has 1 amide bonds. The van der Waals surface area contributed by atoms with E-state index in [1.165, 1.54) is 12.1 Å². The summed E-state index contributed by atoms with van der Waals surface area (Å²) in [5, 5.41) is 10.0. The van der Waals surface area contributed by atoms with Crippen molar-refractivity contribution < 1.29 is 14.3 Å². The van der Waals surface area contributed by atoms with Gasteiger partial charge in [-0.1, -0.05) is 11.6 Å². The van der Waals surface area contributed by atoms with Crippen LogP contribution in [0.5, 0.6) is 0 Å². The van der Waals surface area contributed by atoms with Crippen molar-refractivity contribution >= 4 is 23.2 Å². The minimum absolute atomic E-state index is 0.0197. The Hall–Kier alpha value is -1.17. The first-order valence-electron chi connectivity index (χ1n) is 7.62. The van der Waals surface area contributed by atoms with Crippen LogP contribution in [0.25, 0.3) is 0 Å². The fourth-order valence-corrected chi connectivity index (χ4v) is 3.21. The molecule has 0 radical (unpaired) electrons. The topological polar surface area (TPSA) is 43.8 Å². The van der Waals surface area contributed by atoms with Crippen LogP contribution in [0.2, 0.25) is 5.02 Å². The van der Waals surface area contributed by atoms with Gasteiger partial charge in [-0.05, 0) is 50.4 Å². The van der Waals surface area contributed by atoms with Crippen molar-refractivity contribution in [1.29, 1.82) is 0 Å². The number of aliphatic hydroxyl groups excluding tert-OH is 1. The third-order valence-electron chi connectivity index (χ3n) is 4.57. The molecule has 2 aliphatic rings. The van der Waals surface area contributed by atoms with E-state index in [4.69, 9.17) is 11.6 Å². The van der Waals surface area contributed by atoms with Crippen LogP contribution in [0.4, 0.5) is 10.1 Å². The number of rotatable bonds is 5. The predicted molar refractivity (Wildman–Crippen MR) is 83.5 cm³/mol. The van der Waals surface area contributed by atoms with Gasteiger partial charge >= 0.3 is 0 Å². The summed E-state index contributed by atoms with van der Waals surface area (Å²) in [4.78, 5) is 16.1. The molecule has 1 saturated carbocycles. The van der Waals surface area contributed by atoms with Gasteiger partial charge in [-0.25, -0.2) is 4.39 Å². The van der Waals surface area contributed by atoms with E-state index in [9.17, 15) is 14.3 Å². The average Bonchev–Trinajstić information content (AvgIpc) is 3.25. The maximum atomic E-state index is 13.2. The second-order valence-electron chi connectivity index (χ2n) is 6.24. The number of nitrogens with zero attached hydrogens (tertiary/aromatic N) is 2. The van der Waals surface area contributed by atoms with E-state index in [0.29, 0.717) is 31.1 Å². The average molecular weight is 327 g/mol. The normalized spacial score (nSPS) is 23.4. The summed E-state index contributed by atoms with van der Waals surface area (Å²) in [6.07, 6.45) is 2.50. The van der Waals surface area contributed by atoms with Crippen molar-refractivity contribution in [2.75, 3.05) is 25.0 Å². The van der Waals surface area contributed by atoms with Crippen LogP contribution in [0.1, 0.15) is 19.3 Å². The number of amides is 1. The maximum Gasteiger partial charge on any atom is 0.244 e. The minimum atomic E-state index is -0.488. The van der Waals surface area contributed by atoms with Crippen LogP contribution in [0.15, 0.2) is 18.2 Å². The Balaban J connectivity index is 1.67. The molecule has 22 heavy (non-hydrogen) atoms. The maximum absolute atomic E-state index is 13.2. The van der Waals surface area contributed by atoms with Gasteiger partial charge in [-0.15, -0.1) is 0 Å². The summed E-state index contributed by atoms with van der Waals surface area (Å²) >= 11 is 5.79. The molecular formula is C16H20ClFN2O2. The van der Waals surface area contributed by atoms with E-state index in [1.807, 2.05) is 11.9 Å². The standard InChI is InChI=1S/C16H20ClFN2O2/c1-19(9-15(21)10-2-3-10)14-6-7-20(16(14)22)11-4-5-13(18)12(17)8-11/h4-5,8,10,14-15,21H,2-3,6-7,9H2,1H3. The highest BCUT2D eigenvalue weighted by Gasteiger charge is 2.38. The van der Waals surface area contributed by atoms with E-state index in [2.05, 4.69) is 0 Å².